The lowest BCUT2D eigenvalue weighted by atomic mass is 9.59. The number of hydrogen-bond acceptors (Lipinski definition) is 10. The molecule has 0 aliphatic heterocycles. The summed E-state index contributed by atoms with van der Waals surface area (Å²) in [5, 5.41) is 0. The highest BCUT2D eigenvalue weighted by Crippen LogP contribution is 2.51. The Morgan fingerprint density at radius 1 is 0.692 bits per heavy atom. The van der Waals surface area contributed by atoms with Gasteiger partial charge >= 0.3 is 19.9 Å². The van der Waals surface area contributed by atoms with Crippen LogP contribution in [0.15, 0.2) is 84.2 Å². The number of carbonyl (C=O) groups is 1. The fraction of sp³-hybridized carbons (Fsp3) is 0.537. The van der Waals surface area contributed by atoms with Gasteiger partial charge in [0.25, 0.3) is 0 Å². The molecule has 11 heteroatoms. The van der Waals surface area contributed by atoms with E-state index in [1.54, 1.807) is 25.5 Å². The predicted molar refractivity (Wildman–Crippen MR) is 200 cm³/mol. The van der Waals surface area contributed by atoms with Gasteiger partial charge in [-0.25, -0.2) is 0 Å². The standard InChI is InChI=1S/C17H24O.C14H18O2.C8H17O3P.2CO2/c1-4-8-15-11-16(17(15,2)3)13-18-12-14-9-6-5-7-10-14;1-14(2)12(8-13(14)15)10-16-9-11-6-4-3-5-7-11;1-4-7-8-12(9,10-5-2)11-6-3;2*2-1-3/h5-10,16H,4,11-13H2,1-3H3;3-7,12H,8-10H2,1-2H3;7-8H,4-6H2,1-3H3;;/b;;8-7+;;. The number of hydrogen-bond donors (Lipinski definition) is 0. The minimum absolute atomic E-state index is 0.170. The van der Waals surface area contributed by atoms with Crippen LogP contribution in [0.25, 0.3) is 0 Å². The highest BCUT2D eigenvalue weighted by atomic mass is 31.2. The smallest absolute Gasteiger partial charge is 0.373 e. The third-order valence-electron chi connectivity index (χ3n) is 8.94. The molecule has 2 unspecified atom stereocenters. The minimum atomic E-state index is -2.92. The molecule has 4 rings (SSSR count). The summed E-state index contributed by atoms with van der Waals surface area (Å²) in [5.41, 5.74) is 4.23. The van der Waals surface area contributed by atoms with Crippen LogP contribution in [-0.4, -0.2) is 44.5 Å². The molecule has 2 fully saturated rings. The zero-order valence-electron chi connectivity index (χ0n) is 32.3. The van der Waals surface area contributed by atoms with E-state index >= 15 is 0 Å². The van der Waals surface area contributed by atoms with Crippen molar-refractivity contribution < 1.29 is 47.1 Å². The molecular formula is C41H59O10P. The highest BCUT2D eigenvalue weighted by Gasteiger charge is 2.47. The Bertz CT molecular complexity index is 1420. The van der Waals surface area contributed by atoms with Gasteiger partial charge in [-0.05, 0) is 55.6 Å². The van der Waals surface area contributed by atoms with Gasteiger partial charge in [-0.2, -0.15) is 19.2 Å². The van der Waals surface area contributed by atoms with Crippen molar-refractivity contribution in [2.45, 2.75) is 94.3 Å². The van der Waals surface area contributed by atoms with E-state index in [2.05, 4.69) is 63.2 Å². The van der Waals surface area contributed by atoms with Gasteiger partial charge in [-0.15, -0.1) is 0 Å². The lowest BCUT2D eigenvalue weighted by Crippen LogP contribution is -2.47. The SMILES string of the molecule is CC/C=C/P(=O)(OCC)OCC.CC1(C)C(=O)CC1COCc1ccccc1.CCC=C1CC(COCc2ccccc2)C1(C)C.O=C=O.O=C=O. The summed E-state index contributed by atoms with van der Waals surface area (Å²) in [7, 11) is -2.92. The van der Waals surface area contributed by atoms with Crippen LogP contribution in [0.2, 0.25) is 0 Å². The number of ether oxygens (including phenoxy) is 2. The van der Waals surface area contributed by atoms with Crippen LogP contribution in [0.4, 0.5) is 0 Å². The molecule has 52 heavy (non-hydrogen) atoms. The van der Waals surface area contributed by atoms with Crippen LogP contribution in [0.1, 0.15) is 92.2 Å². The fourth-order valence-corrected chi connectivity index (χ4v) is 6.82. The van der Waals surface area contributed by atoms with E-state index in [0.29, 0.717) is 55.9 Å². The number of ketones is 1. The topological polar surface area (TPSA) is 139 Å². The predicted octanol–water partition coefficient (Wildman–Crippen LogP) is 9.41. The van der Waals surface area contributed by atoms with Crippen LogP contribution in [0.5, 0.6) is 0 Å². The molecule has 2 aromatic carbocycles. The minimum Gasteiger partial charge on any atom is -0.376 e. The maximum Gasteiger partial charge on any atom is 0.373 e. The second kappa shape index (κ2) is 27.1. The summed E-state index contributed by atoms with van der Waals surface area (Å²) >= 11 is 0. The van der Waals surface area contributed by atoms with Crippen molar-refractivity contribution in [3.8, 4) is 0 Å². The maximum atomic E-state index is 11.6. The molecule has 0 aromatic heterocycles. The van der Waals surface area contributed by atoms with Gasteiger partial charge in [0.1, 0.15) is 5.78 Å². The number of Topliss-reactive ketones (excluding diaryl/α,β-unsaturated/α-hetero) is 1. The van der Waals surface area contributed by atoms with E-state index in [4.69, 9.17) is 37.7 Å². The molecule has 2 aliphatic rings. The van der Waals surface area contributed by atoms with Gasteiger partial charge in [0.2, 0.25) is 0 Å². The third-order valence-corrected chi connectivity index (χ3v) is 10.8. The first-order chi connectivity index (χ1) is 24.8. The average molecular weight is 743 g/mol. The van der Waals surface area contributed by atoms with Crippen molar-refractivity contribution in [1.82, 2.24) is 0 Å². The van der Waals surface area contributed by atoms with Gasteiger partial charge in [-0.3, -0.25) is 9.36 Å². The maximum absolute atomic E-state index is 11.6. The molecule has 2 aliphatic carbocycles. The Morgan fingerprint density at radius 3 is 1.44 bits per heavy atom. The van der Waals surface area contributed by atoms with Gasteiger partial charge in [0, 0.05) is 23.6 Å². The van der Waals surface area contributed by atoms with E-state index in [1.165, 1.54) is 23.4 Å². The van der Waals surface area contributed by atoms with Crippen molar-refractivity contribution in [3.05, 3.63) is 95.3 Å². The van der Waals surface area contributed by atoms with Gasteiger partial charge in [-0.1, -0.05) is 120 Å². The summed E-state index contributed by atoms with van der Waals surface area (Å²) < 4.78 is 33.2. The van der Waals surface area contributed by atoms with Gasteiger partial charge in [0.15, 0.2) is 0 Å². The second-order valence-corrected chi connectivity index (χ2v) is 15.0. The summed E-state index contributed by atoms with van der Waals surface area (Å²) in [4.78, 5) is 43.8. The molecule has 10 nitrogen and oxygen atoms in total. The van der Waals surface area contributed by atoms with Crippen molar-refractivity contribution in [1.29, 1.82) is 0 Å². The normalized spacial score (nSPS) is 18.5. The van der Waals surface area contributed by atoms with Crippen molar-refractivity contribution in [2.75, 3.05) is 26.4 Å². The molecule has 288 valence electrons. The second-order valence-electron chi connectivity index (χ2n) is 13.1. The van der Waals surface area contributed by atoms with E-state index in [-0.39, 0.29) is 17.7 Å². The molecule has 0 radical (unpaired) electrons. The van der Waals surface area contributed by atoms with E-state index in [1.807, 2.05) is 45.0 Å². The summed E-state index contributed by atoms with van der Waals surface area (Å²) in [6, 6.07) is 20.5. The highest BCUT2D eigenvalue weighted by molar-refractivity contribution is 7.57. The molecule has 0 spiro atoms. The Balaban J connectivity index is 0.000000708. The molecule has 0 amide bonds. The molecule has 2 saturated carbocycles. The van der Waals surface area contributed by atoms with E-state index < -0.39 is 7.60 Å². The molecular weight excluding hydrogens is 683 g/mol. The Hall–Kier alpha value is -3.58. The fourth-order valence-electron chi connectivity index (χ4n) is 5.38. The Labute approximate surface area is 310 Å². The summed E-state index contributed by atoms with van der Waals surface area (Å²) in [6.45, 7) is 20.2. The number of carbonyl (C=O) groups excluding carboxylic acids is 5. The van der Waals surface area contributed by atoms with Crippen molar-refractivity contribution >= 4 is 25.7 Å². The number of benzene rings is 2. The molecule has 0 saturated heterocycles. The molecule has 0 heterocycles. The number of allylic oxidation sites excluding steroid dienone is 3. The van der Waals surface area contributed by atoms with Crippen molar-refractivity contribution in [2.24, 2.45) is 22.7 Å². The Kier molecular flexibility index (Phi) is 25.2. The largest absolute Gasteiger partial charge is 0.376 e. The van der Waals surface area contributed by atoms with Crippen LogP contribution >= 0.6 is 7.60 Å². The quantitative estimate of drug-likeness (QED) is 0.128. The lowest BCUT2D eigenvalue weighted by molar-refractivity contribution is -0.193. The summed E-state index contributed by atoms with van der Waals surface area (Å²) in [5.74, 6) is 2.96. The van der Waals surface area contributed by atoms with Crippen LogP contribution in [0, 0.1) is 22.7 Å². The average Bonchev–Trinajstić information content (AvgIpc) is 3.12. The van der Waals surface area contributed by atoms with Crippen molar-refractivity contribution in [3.63, 3.8) is 0 Å². The Morgan fingerprint density at radius 2 is 1.12 bits per heavy atom. The van der Waals surface area contributed by atoms with Crippen LogP contribution < -0.4 is 0 Å². The van der Waals surface area contributed by atoms with Gasteiger partial charge in [0.05, 0.1) is 39.6 Å². The first-order valence-corrected chi connectivity index (χ1v) is 19.4. The zero-order valence-corrected chi connectivity index (χ0v) is 33.2. The van der Waals surface area contributed by atoms with E-state index in [0.717, 1.165) is 26.1 Å². The van der Waals surface area contributed by atoms with Crippen LogP contribution in [0.3, 0.4) is 0 Å². The monoisotopic (exact) mass is 742 g/mol. The van der Waals surface area contributed by atoms with E-state index in [9.17, 15) is 9.36 Å². The first-order valence-electron chi connectivity index (χ1n) is 17.8. The molecule has 2 aromatic rings. The molecule has 2 atom stereocenters. The zero-order chi connectivity index (χ0) is 39.5. The van der Waals surface area contributed by atoms with Crippen LogP contribution in [-0.2, 0) is 60.3 Å². The third kappa shape index (κ3) is 18.3. The summed E-state index contributed by atoms with van der Waals surface area (Å²) in [6.07, 6.45) is 8.57. The van der Waals surface area contributed by atoms with Gasteiger partial charge < -0.3 is 18.5 Å². The first kappa shape index (κ1) is 48.4. The lowest BCUT2D eigenvalue weighted by Gasteiger charge is -2.47. The molecule has 0 N–H and O–H groups in total. The number of rotatable bonds is 15. The molecule has 0 bridgehead atoms.